The standard InChI is InChI=1S/C44H25N3OS/c1-2-13-27(14-3-1)39-43-40(31-18-8-11-21-37(31)49-43)46-44(45-39)33-24-25-36(47-34-19-9-6-16-29(34)30-17-7-10-20-35(30)47)42-38(33)32-23-22-26-12-4-5-15-28(26)41(32)48-42/h1-25H. The Labute approximate surface area is 284 Å². The van der Waals surface area contributed by atoms with Gasteiger partial charge in [-0.1, -0.05) is 115 Å². The van der Waals surface area contributed by atoms with E-state index in [4.69, 9.17) is 14.4 Å². The predicted octanol–water partition coefficient (Wildman–Crippen LogP) is 12.3. The van der Waals surface area contributed by atoms with Crippen molar-refractivity contribution in [3.8, 4) is 28.3 Å². The molecule has 11 aromatic rings. The quantitative estimate of drug-likeness (QED) is 0.192. The third-order valence-corrected chi connectivity index (χ3v) is 11.0. The summed E-state index contributed by atoms with van der Waals surface area (Å²) in [5.74, 6) is 0.685. The smallest absolute Gasteiger partial charge is 0.161 e. The molecule has 7 aromatic carbocycles. The van der Waals surface area contributed by atoms with Crippen LogP contribution in [0.1, 0.15) is 0 Å². The molecule has 0 saturated heterocycles. The summed E-state index contributed by atoms with van der Waals surface area (Å²) in [6.45, 7) is 0. The first-order chi connectivity index (χ1) is 24.3. The Bertz CT molecular complexity index is 3060. The molecule has 0 unspecified atom stereocenters. The maximum absolute atomic E-state index is 7.06. The Morgan fingerprint density at radius 2 is 1.18 bits per heavy atom. The van der Waals surface area contributed by atoms with Crippen LogP contribution >= 0.6 is 11.3 Å². The van der Waals surface area contributed by atoms with Crippen LogP contribution in [0.3, 0.4) is 0 Å². The lowest BCUT2D eigenvalue weighted by molar-refractivity contribution is 0.670. The number of aromatic nitrogens is 3. The molecule has 4 heterocycles. The second-order valence-electron chi connectivity index (χ2n) is 12.5. The third-order valence-electron chi connectivity index (χ3n) is 9.82. The molecule has 0 aliphatic carbocycles. The maximum atomic E-state index is 7.06. The van der Waals surface area contributed by atoms with E-state index < -0.39 is 0 Å². The summed E-state index contributed by atoms with van der Waals surface area (Å²) >= 11 is 1.75. The van der Waals surface area contributed by atoms with E-state index in [0.717, 1.165) is 81.9 Å². The first-order valence-electron chi connectivity index (χ1n) is 16.4. The Hall–Kier alpha value is -6.30. The first kappa shape index (κ1) is 26.7. The van der Waals surface area contributed by atoms with Crippen LogP contribution in [0.25, 0.3) is 103 Å². The number of rotatable bonds is 3. The van der Waals surface area contributed by atoms with Crippen molar-refractivity contribution in [1.82, 2.24) is 14.5 Å². The van der Waals surface area contributed by atoms with Gasteiger partial charge in [0.15, 0.2) is 11.4 Å². The van der Waals surface area contributed by atoms with Gasteiger partial charge in [-0.25, -0.2) is 9.97 Å². The van der Waals surface area contributed by atoms with Crippen LogP contribution in [0.5, 0.6) is 0 Å². The van der Waals surface area contributed by atoms with Gasteiger partial charge in [-0.15, -0.1) is 11.3 Å². The van der Waals surface area contributed by atoms with Crippen molar-refractivity contribution in [2.24, 2.45) is 0 Å². The average molecular weight is 644 g/mol. The number of benzene rings is 7. The van der Waals surface area contributed by atoms with Crippen molar-refractivity contribution >= 4 is 86.2 Å². The second kappa shape index (κ2) is 10.1. The predicted molar refractivity (Wildman–Crippen MR) is 205 cm³/mol. The van der Waals surface area contributed by atoms with E-state index in [0.29, 0.717) is 5.82 Å². The molecule has 4 aromatic heterocycles. The fourth-order valence-corrected chi connectivity index (χ4v) is 8.80. The van der Waals surface area contributed by atoms with Crippen molar-refractivity contribution < 1.29 is 4.42 Å². The van der Waals surface area contributed by atoms with Gasteiger partial charge >= 0.3 is 0 Å². The van der Waals surface area contributed by atoms with Gasteiger partial charge < -0.3 is 8.98 Å². The third kappa shape index (κ3) is 3.79. The number of thiophene rings is 1. The largest absolute Gasteiger partial charge is 0.453 e. The van der Waals surface area contributed by atoms with E-state index in [2.05, 4.69) is 150 Å². The monoisotopic (exact) mass is 643 g/mol. The van der Waals surface area contributed by atoms with Crippen molar-refractivity contribution in [3.05, 3.63) is 152 Å². The molecular weight excluding hydrogens is 619 g/mol. The molecule has 0 amide bonds. The zero-order valence-corrected chi connectivity index (χ0v) is 26.9. The van der Waals surface area contributed by atoms with Crippen LogP contribution in [-0.2, 0) is 0 Å². The highest BCUT2D eigenvalue weighted by molar-refractivity contribution is 7.26. The molecule has 4 nitrogen and oxygen atoms in total. The highest BCUT2D eigenvalue weighted by atomic mass is 32.1. The molecule has 0 N–H and O–H groups in total. The van der Waals surface area contributed by atoms with Gasteiger partial charge in [0.25, 0.3) is 0 Å². The van der Waals surface area contributed by atoms with Crippen molar-refractivity contribution in [2.45, 2.75) is 0 Å². The molecule has 0 spiro atoms. The minimum absolute atomic E-state index is 0.685. The van der Waals surface area contributed by atoms with Gasteiger partial charge in [0.2, 0.25) is 0 Å². The second-order valence-corrected chi connectivity index (χ2v) is 13.6. The number of para-hydroxylation sites is 2. The minimum atomic E-state index is 0.685. The number of hydrogen-bond acceptors (Lipinski definition) is 4. The minimum Gasteiger partial charge on any atom is -0.453 e. The summed E-state index contributed by atoms with van der Waals surface area (Å²) in [5, 5.41) is 7.85. The molecule has 11 rings (SSSR count). The van der Waals surface area contributed by atoms with E-state index in [1.807, 2.05) is 6.07 Å². The van der Waals surface area contributed by atoms with Gasteiger partial charge in [0, 0.05) is 48.1 Å². The molecule has 0 saturated carbocycles. The van der Waals surface area contributed by atoms with Gasteiger partial charge in [-0.05, 0) is 41.8 Å². The molecule has 0 fully saturated rings. The van der Waals surface area contributed by atoms with Crippen LogP contribution in [-0.4, -0.2) is 14.5 Å². The van der Waals surface area contributed by atoms with Crippen LogP contribution < -0.4 is 0 Å². The van der Waals surface area contributed by atoms with Crippen LogP contribution in [0.4, 0.5) is 0 Å². The summed E-state index contributed by atoms with van der Waals surface area (Å²) in [7, 11) is 0. The van der Waals surface area contributed by atoms with E-state index in [1.54, 1.807) is 11.3 Å². The van der Waals surface area contributed by atoms with E-state index in [1.165, 1.54) is 15.5 Å². The molecular formula is C44H25N3OS. The highest BCUT2D eigenvalue weighted by Crippen LogP contribution is 2.45. The van der Waals surface area contributed by atoms with Gasteiger partial charge in [0.1, 0.15) is 5.58 Å². The normalized spacial score (nSPS) is 12.1. The molecule has 0 aliphatic heterocycles. The van der Waals surface area contributed by atoms with Crippen LogP contribution in [0.2, 0.25) is 0 Å². The van der Waals surface area contributed by atoms with Crippen molar-refractivity contribution in [2.75, 3.05) is 0 Å². The van der Waals surface area contributed by atoms with Crippen molar-refractivity contribution in [3.63, 3.8) is 0 Å². The fourth-order valence-electron chi connectivity index (χ4n) is 7.64. The molecule has 49 heavy (non-hydrogen) atoms. The van der Waals surface area contributed by atoms with Gasteiger partial charge in [-0.2, -0.15) is 0 Å². The average Bonchev–Trinajstić information content (AvgIpc) is 3.85. The summed E-state index contributed by atoms with van der Waals surface area (Å²) in [6.07, 6.45) is 0. The van der Waals surface area contributed by atoms with Crippen LogP contribution in [0, 0.1) is 0 Å². The summed E-state index contributed by atoms with van der Waals surface area (Å²) in [5.41, 5.74) is 8.88. The van der Waals surface area contributed by atoms with E-state index >= 15 is 0 Å². The van der Waals surface area contributed by atoms with Crippen molar-refractivity contribution in [1.29, 1.82) is 0 Å². The zero-order valence-electron chi connectivity index (χ0n) is 26.1. The number of furan rings is 1. The summed E-state index contributed by atoms with van der Waals surface area (Å²) in [6, 6.07) is 53.4. The Balaban J connectivity index is 1.30. The molecule has 228 valence electrons. The fraction of sp³-hybridized carbons (Fsp3) is 0. The Morgan fingerprint density at radius 3 is 1.98 bits per heavy atom. The lowest BCUT2D eigenvalue weighted by Crippen LogP contribution is -1.97. The van der Waals surface area contributed by atoms with E-state index in [-0.39, 0.29) is 0 Å². The molecule has 0 atom stereocenters. The molecule has 0 aliphatic rings. The topological polar surface area (TPSA) is 43.9 Å². The SMILES string of the molecule is c1ccc(-c2nc(-c3ccc(-n4c5ccccc5c5ccccc54)c4oc5c6ccccc6ccc5c34)nc3c2sc2ccccc23)cc1. The van der Waals surface area contributed by atoms with E-state index in [9.17, 15) is 0 Å². The highest BCUT2D eigenvalue weighted by Gasteiger charge is 2.24. The summed E-state index contributed by atoms with van der Waals surface area (Å²) < 4.78 is 11.7. The number of fused-ring (bicyclic) bond motifs is 11. The lowest BCUT2D eigenvalue weighted by Gasteiger charge is -2.12. The molecule has 0 bridgehead atoms. The first-order valence-corrected chi connectivity index (χ1v) is 17.2. The Kier molecular flexibility index (Phi) is 5.51. The van der Waals surface area contributed by atoms with Crippen LogP contribution in [0.15, 0.2) is 156 Å². The number of hydrogen-bond donors (Lipinski definition) is 0. The van der Waals surface area contributed by atoms with Gasteiger partial charge in [0.05, 0.1) is 32.6 Å². The maximum Gasteiger partial charge on any atom is 0.161 e. The summed E-state index contributed by atoms with van der Waals surface area (Å²) in [4.78, 5) is 10.7. The Morgan fingerprint density at radius 1 is 0.510 bits per heavy atom. The number of nitrogens with zero attached hydrogens (tertiary/aromatic N) is 3. The molecule has 0 radical (unpaired) electrons. The zero-order chi connectivity index (χ0) is 32.1. The molecule has 5 heteroatoms. The lowest BCUT2D eigenvalue weighted by atomic mass is 10.0. The van der Waals surface area contributed by atoms with Gasteiger partial charge in [-0.3, -0.25) is 0 Å².